The predicted octanol–water partition coefficient (Wildman–Crippen LogP) is -0.410. The Morgan fingerprint density at radius 1 is 1.41 bits per heavy atom. The van der Waals surface area contributed by atoms with Gasteiger partial charge in [-0.2, -0.15) is 5.10 Å². The van der Waals surface area contributed by atoms with Crippen molar-refractivity contribution in [2.45, 2.75) is 32.9 Å². The molecule has 0 aliphatic rings. The summed E-state index contributed by atoms with van der Waals surface area (Å²) in [5.74, 6) is -1.85. The highest BCUT2D eigenvalue weighted by Gasteiger charge is 2.27. The molecule has 2 atom stereocenters. The lowest BCUT2D eigenvalue weighted by Crippen LogP contribution is -2.47. The standard InChI is InChI=1S/C10H15N3O4/c1-4-7(5(2)13-12-4)9(15)11-8(6(3)14)10(16)17/h6,8,14H,1-3H3,(H,11,15)(H,12,13)(H,16,17)/t6-,8+/m1/s1. The van der Waals surface area contributed by atoms with Crippen LogP contribution in [0, 0.1) is 13.8 Å². The van der Waals surface area contributed by atoms with E-state index in [9.17, 15) is 14.7 Å². The molecule has 0 saturated carbocycles. The summed E-state index contributed by atoms with van der Waals surface area (Å²) in [4.78, 5) is 22.6. The van der Waals surface area contributed by atoms with Gasteiger partial charge in [0.1, 0.15) is 0 Å². The van der Waals surface area contributed by atoms with Crippen molar-refractivity contribution >= 4 is 11.9 Å². The average molecular weight is 241 g/mol. The summed E-state index contributed by atoms with van der Waals surface area (Å²) in [6.45, 7) is 4.60. The van der Waals surface area contributed by atoms with E-state index in [1.807, 2.05) is 0 Å². The molecule has 1 heterocycles. The van der Waals surface area contributed by atoms with Crippen LogP contribution in [0.25, 0.3) is 0 Å². The Kier molecular flexibility index (Phi) is 3.84. The van der Waals surface area contributed by atoms with Crippen molar-refractivity contribution in [3.05, 3.63) is 17.0 Å². The van der Waals surface area contributed by atoms with Gasteiger partial charge in [0.05, 0.1) is 17.4 Å². The van der Waals surface area contributed by atoms with Crippen LogP contribution in [0.5, 0.6) is 0 Å². The number of aryl methyl sites for hydroxylation is 2. The Labute approximate surface area is 97.8 Å². The zero-order valence-electron chi connectivity index (χ0n) is 9.81. The Bertz CT molecular complexity index is 419. The van der Waals surface area contributed by atoms with Crippen LogP contribution >= 0.6 is 0 Å². The van der Waals surface area contributed by atoms with Gasteiger partial charge in [0, 0.05) is 5.69 Å². The quantitative estimate of drug-likeness (QED) is 0.572. The van der Waals surface area contributed by atoms with Gasteiger partial charge in [-0.3, -0.25) is 9.89 Å². The van der Waals surface area contributed by atoms with E-state index in [2.05, 4.69) is 15.5 Å². The molecule has 0 aliphatic heterocycles. The highest BCUT2D eigenvalue weighted by atomic mass is 16.4. The predicted molar refractivity (Wildman–Crippen MR) is 58.6 cm³/mol. The molecule has 0 saturated heterocycles. The number of carboxylic acid groups (broad SMARTS) is 1. The first-order chi connectivity index (χ1) is 7.84. The zero-order chi connectivity index (χ0) is 13.2. The number of aromatic nitrogens is 2. The highest BCUT2D eigenvalue weighted by molar-refractivity contribution is 5.98. The number of carbonyl (C=O) groups excluding carboxylic acids is 1. The molecular weight excluding hydrogens is 226 g/mol. The third-order valence-electron chi connectivity index (χ3n) is 2.39. The number of aliphatic hydroxyl groups excluding tert-OH is 1. The third kappa shape index (κ3) is 2.82. The highest BCUT2D eigenvalue weighted by Crippen LogP contribution is 2.09. The molecule has 7 heteroatoms. The molecule has 1 aromatic rings. The molecule has 4 N–H and O–H groups in total. The van der Waals surface area contributed by atoms with E-state index in [0.717, 1.165) is 0 Å². The minimum absolute atomic E-state index is 0.303. The number of rotatable bonds is 4. The summed E-state index contributed by atoms with van der Waals surface area (Å²) in [5.41, 5.74) is 1.33. The van der Waals surface area contributed by atoms with Crippen molar-refractivity contribution in [3.8, 4) is 0 Å². The summed E-state index contributed by atoms with van der Waals surface area (Å²) in [6, 6.07) is -1.34. The average Bonchev–Trinajstić information content (AvgIpc) is 2.53. The Hall–Kier alpha value is -1.89. The molecule has 0 spiro atoms. The van der Waals surface area contributed by atoms with Gasteiger partial charge in [0.15, 0.2) is 6.04 Å². The maximum atomic E-state index is 11.8. The van der Waals surface area contributed by atoms with E-state index in [0.29, 0.717) is 17.0 Å². The van der Waals surface area contributed by atoms with E-state index < -0.39 is 24.0 Å². The Morgan fingerprint density at radius 3 is 2.35 bits per heavy atom. The van der Waals surface area contributed by atoms with Crippen molar-refractivity contribution in [2.24, 2.45) is 0 Å². The van der Waals surface area contributed by atoms with Crippen LogP contribution in [0.2, 0.25) is 0 Å². The SMILES string of the molecule is Cc1n[nH]c(C)c1C(=O)N[C@H](C(=O)O)[C@@H](C)O. The molecule has 1 amide bonds. The van der Waals surface area contributed by atoms with E-state index in [-0.39, 0.29) is 0 Å². The van der Waals surface area contributed by atoms with Gasteiger partial charge >= 0.3 is 5.97 Å². The molecular formula is C10H15N3O4. The van der Waals surface area contributed by atoms with Crippen LogP contribution in [0.1, 0.15) is 28.7 Å². The lowest BCUT2D eigenvalue weighted by molar-refractivity contribution is -0.141. The lowest BCUT2D eigenvalue weighted by atomic mass is 10.1. The minimum atomic E-state index is -1.34. The molecule has 0 aromatic carbocycles. The molecule has 0 bridgehead atoms. The zero-order valence-corrected chi connectivity index (χ0v) is 9.81. The Balaban J connectivity index is 2.89. The van der Waals surface area contributed by atoms with Crippen LogP contribution in [0.15, 0.2) is 0 Å². The summed E-state index contributed by atoms with van der Waals surface area (Å²) in [7, 11) is 0. The normalized spacial score (nSPS) is 14.1. The lowest BCUT2D eigenvalue weighted by Gasteiger charge is -2.16. The number of amides is 1. The van der Waals surface area contributed by atoms with Gasteiger partial charge in [-0.15, -0.1) is 0 Å². The number of carbonyl (C=O) groups is 2. The van der Waals surface area contributed by atoms with Crippen LogP contribution < -0.4 is 5.32 Å². The molecule has 0 aliphatic carbocycles. The number of aliphatic hydroxyl groups is 1. The van der Waals surface area contributed by atoms with E-state index in [1.165, 1.54) is 6.92 Å². The molecule has 0 unspecified atom stereocenters. The number of hydrogen-bond donors (Lipinski definition) is 4. The second kappa shape index (κ2) is 4.96. The van der Waals surface area contributed by atoms with E-state index in [1.54, 1.807) is 13.8 Å². The molecule has 1 rings (SSSR count). The van der Waals surface area contributed by atoms with Crippen molar-refractivity contribution < 1.29 is 19.8 Å². The first-order valence-electron chi connectivity index (χ1n) is 5.08. The number of nitrogens with one attached hydrogen (secondary N) is 2. The topological polar surface area (TPSA) is 115 Å². The van der Waals surface area contributed by atoms with Gasteiger partial charge in [0.25, 0.3) is 5.91 Å². The molecule has 0 fully saturated rings. The van der Waals surface area contributed by atoms with Gasteiger partial charge in [-0.1, -0.05) is 0 Å². The first-order valence-corrected chi connectivity index (χ1v) is 5.08. The molecule has 1 aromatic heterocycles. The summed E-state index contributed by atoms with van der Waals surface area (Å²) >= 11 is 0. The number of aromatic amines is 1. The second-order valence-corrected chi connectivity index (χ2v) is 3.84. The van der Waals surface area contributed by atoms with Crippen molar-refractivity contribution in [2.75, 3.05) is 0 Å². The molecule has 0 radical (unpaired) electrons. The van der Waals surface area contributed by atoms with Gasteiger partial charge in [-0.05, 0) is 20.8 Å². The fourth-order valence-corrected chi connectivity index (χ4v) is 1.49. The summed E-state index contributed by atoms with van der Waals surface area (Å²) < 4.78 is 0. The van der Waals surface area contributed by atoms with E-state index >= 15 is 0 Å². The van der Waals surface area contributed by atoms with Crippen LogP contribution in [0.3, 0.4) is 0 Å². The van der Waals surface area contributed by atoms with Gasteiger partial charge in [-0.25, -0.2) is 4.79 Å². The first kappa shape index (κ1) is 13.2. The number of H-pyrrole nitrogens is 1. The summed E-state index contributed by atoms with van der Waals surface area (Å²) in [6.07, 6.45) is -1.18. The van der Waals surface area contributed by atoms with E-state index in [4.69, 9.17) is 5.11 Å². The fourth-order valence-electron chi connectivity index (χ4n) is 1.49. The molecule has 7 nitrogen and oxygen atoms in total. The maximum Gasteiger partial charge on any atom is 0.328 e. The smallest absolute Gasteiger partial charge is 0.328 e. The maximum absolute atomic E-state index is 11.8. The molecule has 17 heavy (non-hydrogen) atoms. The van der Waals surface area contributed by atoms with Crippen molar-refractivity contribution in [1.82, 2.24) is 15.5 Å². The monoisotopic (exact) mass is 241 g/mol. The van der Waals surface area contributed by atoms with Gasteiger partial charge in [0.2, 0.25) is 0 Å². The molecule has 94 valence electrons. The number of carboxylic acids is 1. The minimum Gasteiger partial charge on any atom is -0.480 e. The van der Waals surface area contributed by atoms with Gasteiger partial charge < -0.3 is 15.5 Å². The third-order valence-corrected chi connectivity index (χ3v) is 2.39. The second-order valence-electron chi connectivity index (χ2n) is 3.84. The van der Waals surface area contributed by atoms with Crippen LogP contribution in [0.4, 0.5) is 0 Å². The largest absolute Gasteiger partial charge is 0.480 e. The summed E-state index contributed by atoms with van der Waals surface area (Å²) in [5, 5.41) is 26.8. The van der Waals surface area contributed by atoms with Crippen molar-refractivity contribution in [3.63, 3.8) is 0 Å². The van der Waals surface area contributed by atoms with Crippen molar-refractivity contribution in [1.29, 1.82) is 0 Å². The fraction of sp³-hybridized carbons (Fsp3) is 0.500. The van der Waals surface area contributed by atoms with Crippen LogP contribution in [-0.2, 0) is 4.79 Å². The Morgan fingerprint density at radius 2 is 2.00 bits per heavy atom. The number of nitrogens with zero attached hydrogens (tertiary/aromatic N) is 1. The number of aliphatic carboxylic acids is 1. The van der Waals surface area contributed by atoms with Crippen LogP contribution in [-0.4, -0.2) is 44.4 Å². The number of hydrogen-bond acceptors (Lipinski definition) is 4.